The van der Waals surface area contributed by atoms with Gasteiger partial charge in [0.1, 0.15) is 0 Å². The van der Waals surface area contributed by atoms with Crippen molar-refractivity contribution in [1.82, 2.24) is 4.98 Å². The van der Waals surface area contributed by atoms with Crippen LogP contribution in [0.3, 0.4) is 0 Å². The van der Waals surface area contributed by atoms with Gasteiger partial charge in [-0.3, -0.25) is 0 Å². The molecule has 0 aromatic carbocycles. The highest BCUT2D eigenvalue weighted by Gasteiger charge is 2.73. The minimum absolute atomic E-state index is 1.30. The molecule has 126 valence electrons. The van der Waals surface area contributed by atoms with Crippen LogP contribution in [0.25, 0.3) is 0 Å². The van der Waals surface area contributed by atoms with Crippen LogP contribution in [0.1, 0.15) is 0 Å². The molecular formula is C8H3F10N3S. The molecule has 14 heteroatoms. The summed E-state index contributed by atoms with van der Waals surface area (Å²) in [5, 5.41) is -6.04. The van der Waals surface area contributed by atoms with Gasteiger partial charge in [0.05, 0.1) is 4.90 Å². The second kappa shape index (κ2) is 5.64. The number of aromatic nitrogens is 1. The van der Waals surface area contributed by atoms with Crippen molar-refractivity contribution in [3.05, 3.63) is 17.6 Å². The fourth-order valence-corrected chi connectivity index (χ4v) is 1.90. The zero-order valence-electron chi connectivity index (χ0n) is 9.71. The van der Waals surface area contributed by atoms with Gasteiger partial charge in [-0.2, -0.15) is 40.1 Å². The van der Waals surface area contributed by atoms with E-state index in [1.807, 2.05) is 0 Å². The van der Waals surface area contributed by atoms with Crippen LogP contribution in [0.2, 0.25) is 0 Å². The Morgan fingerprint density at radius 3 is 1.82 bits per heavy atom. The molecule has 1 heterocycles. The molecular weight excluding hydrogens is 360 g/mol. The minimum atomic E-state index is -6.71. The van der Waals surface area contributed by atoms with Crippen molar-refractivity contribution in [3.8, 4) is 0 Å². The van der Waals surface area contributed by atoms with Gasteiger partial charge in [-0.05, 0) is 11.8 Å². The monoisotopic (exact) mass is 363 g/mol. The lowest BCUT2D eigenvalue weighted by Gasteiger charge is -2.27. The quantitative estimate of drug-likeness (QED) is 0.282. The molecule has 22 heavy (non-hydrogen) atoms. The van der Waals surface area contributed by atoms with Crippen LogP contribution in [-0.4, -0.2) is 22.3 Å². The predicted molar refractivity (Wildman–Crippen MR) is 53.7 cm³/mol. The number of nitrogens with two attached hydrogens (primary N) is 1. The third kappa shape index (κ3) is 3.02. The van der Waals surface area contributed by atoms with Crippen molar-refractivity contribution < 1.29 is 43.9 Å². The Morgan fingerprint density at radius 2 is 1.41 bits per heavy atom. The fraction of sp³-hybridized carbons (Fsp3) is 0.375. The number of nitrogen functional groups attached to an aromatic ring is 1. The number of rotatable bonds is 4. The van der Waals surface area contributed by atoms with Gasteiger partial charge in [0.25, 0.3) is 5.95 Å². The van der Waals surface area contributed by atoms with E-state index in [4.69, 9.17) is 0 Å². The molecule has 1 aromatic rings. The highest BCUT2D eigenvalue weighted by Crippen LogP contribution is 2.54. The summed E-state index contributed by atoms with van der Waals surface area (Å²) in [6.07, 6.45) is -6.71. The summed E-state index contributed by atoms with van der Waals surface area (Å²) in [6, 6.07) is 0. The molecule has 0 radical (unpaired) electrons. The van der Waals surface area contributed by atoms with Crippen LogP contribution < -0.4 is 11.3 Å². The first-order chi connectivity index (χ1) is 9.76. The summed E-state index contributed by atoms with van der Waals surface area (Å²) in [5.41, 5.74) is 1.30. The maximum atomic E-state index is 13.4. The SMILES string of the molecule is NNc1nc(F)c(F)c(SC(F)(F)C(F)(F)C(F)(F)F)c1F. The maximum absolute atomic E-state index is 13.4. The second-order valence-corrected chi connectivity index (χ2v) is 4.67. The summed E-state index contributed by atoms with van der Waals surface area (Å²) >= 11 is -1.85. The molecule has 1 aromatic heterocycles. The lowest BCUT2D eigenvalue weighted by atomic mass is 10.3. The highest BCUT2D eigenvalue weighted by atomic mass is 32.2. The summed E-state index contributed by atoms with van der Waals surface area (Å²) in [7, 11) is 0. The minimum Gasteiger partial charge on any atom is -0.306 e. The number of pyridine rings is 1. The number of halogens is 10. The lowest BCUT2D eigenvalue weighted by Crippen LogP contribution is -2.50. The number of hydrogen-bond donors (Lipinski definition) is 2. The van der Waals surface area contributed by atoms with Gasteiger partial charge in [0.15, 0.2) is 17.5 Å². The van der Waals surface area contributed by atoms with Crippen LogP contribution in [0.5, 0.6) is 0 Å². The number of anilines is 1. The van der Waals surface area contributed by atoms with E-state index in [0.29, 0.717) is 0 Å². The van der Waals surface area contributed by atoms with Gasteiger partial charge in [-0.1, -0.05) is 0 Å². The number of thioether (sulfide) groups is 1. The van der Waals surface area contributed by atoms with E-state index in [0.717, 1.165) is 0 Å². The molecule has 0 saturated heterocycles. The second-order valence-electron chi connectivity index (χ2n) is 3.54. The van der Waals surface area contributed by atoms with E-state index in [-0.39, 0.29) is 0 Å². The molecule has 0 atom stereocenters. The largest absolute Gasteiger partial charge is 0.460 e. The standard InChI is InChI=1S/C8H3F10N3S/c9-1-3(2(10)5(21-19)20-4(1)11)22-8(17,18)6(12,13)7(14,15)16/h19H2,(H,20,21). The van der Waals surface area contributed by atoms with E-state index in [2.05, 4.69) is 10.8 Å². The van der Waals surface area contributed by atoms with Gasteiger partial charge in [0.2, 0.25) is 0 Å². The Labute approximate surface area is 118 Å². The smallest absolute Gasteiger partial charge is 0.306 e. The molecule has 0 aliphatic heterocycles. The van der Waals surface area contributed by atoms with Crippen LogP contribution in [0.4, 0.5) is 49.7 Å². The van der Waals surface area contributed by atoms with Crippen molar-refractivity contribution in [2.75, 3.05) is 5.43 Å². The predicted octanol–water partition coefficient (Wildman–Crippen LogP) is 3.67. The summed E-state index contributed by atoms with van der Waals surface area (Å²) in [6.45, 7) is 0. The van der Waals surface area contributed by atoms with Crippen LogP contribution >= 0.6 is 11.8 Å². The lowest BCUT2D eigenvalue weighted by molar-refractivity contribution is -0.330. The van der Waals surface area contributed by atoms with Crippen molar-refractivity contribution in [3.63, 3.8) is 0 Å². The van der Waals surface area contributed by atoms with Gasteiger partial charge in [-0.15, -0.1) is 0 Å². The maximum Gasteiger partial charge on any atom is 0.460 e. The average molecular weight is 363 g/mol. The Morgan fingerprint density at radius 1 is 0.909 bits per heavy atom. The van der Waals surface area contributed by atoms with Gasteiger partial charge < -0.3 is 5.43 Å². The van der Waals surface area contributed by atoms with E-state index in [9.17, 15) is 43.9 Å². The zero-order valence-corrected chi connectivity index (χ0v) is 10.5. The summed E-state index contributed by atoms with van der Waals surface area (Å²) < 4.78 is 127. The molecule has 0 aliphatic carbocycles. The number of nitrogens with one attached hydrogen (secondary N) is 1. The molecule has 0 spiro atoms. The molecule has 3 N–H and O–H groups in total. The van der Waals surface area contributed by atoms with Crippen molar-refractivity contribution in [1.29, 1.82) is 0 Å². The van der Waals surface area contributed by atoms with Crippen LogP contribution in [0, 0.1) is 17.6 Å². The van der Waals surface area contributed by atoms with Crippen LogP contribution in [-0.2, 0) is 0 Å². The molecule has 3 nitrogen and oxygen atoms in total. The number of hydrazine groups is 1. The summed E-state index contributed by atoms with van der Waals surface area (Å²) in [4.78, 5) is 0.328. The number of alkyl halides is 7. The third-order valence-electron chi connectivity index (χ3n) is 2.09. The number of nitrogens with zero attached hydrogens (tertiary/aromatic N) is 1. The first-order valence-corrected chi connectivity index (χ1v) is 5.60. The van der Waals surface area contributed by atoms with Crippen molar-refractivity contribution in [2.24, 2.45) is 5.84 Å². The van der Waals surface area contributed by atoms with Gasteiger partial charge in [0, 0.05) is 0 Å². The Hall–Kier alpha value is -1.44. The Bertz CT molecular complexity index is 572. The first-order valence-electron chi connectivity index (χ1n) is 4.78. The topological polar surface area (TPSA) is 50.9 Å². The molecule has 0 aliphatic rings. The van der Waals surface area contributed by atoms with E-state index in [1.54, 1.807) is 0 Å². The Balaban J connectivity index is 3.38. The van der Waals surface area contributed by atoms with E-state index in [1.165, 1.54) is 5.43 Å². The normalized spacial score (nSPS) is 13.4. The van der Waals surface area contributed by atoms with E-state index >= 15 is 0 Å². The summed E-state index contributed by atoms with van der Waals surface area (Å²) in [5.74, 6) is -10.3. The molecule has 0 bridgehead atoms. The Kier molecular flexibility index (Phi) is 4.77. The molecule has 0 fully saturated rings. The van der Waals surface area contributed by atoms with Crippen molar-refractivity contribution in [2.45, 2.75) is 22.2 Å². The number of hydrogen-bond acceptors (Lipinski definition) is 4. The van der Waals surface area contributed by atoms with E-state index < -0.39 is 57.4 Å². The first kappa shape index (κ1) is 18.6. The van der Waals surface area contributed by atoms with Crippen LogP contribution in [0.15, 0.2) is 4.90 Å². The van der Waals surface area contributed by atoms with Gasteiger partial charge >= 0.3 is 17.4 Å². The average Bonchev–Trinajstić information content (AvgIpc) is 2.37. The third-order valence-corrected chi connectivity index (χ3v) is 3.16. The molecule has 1 rings (SSSR count). The molecule has 0 saturated carbocycles. The molecule has 0 amide bonds. The van der Waals surface area contributed by atoms with Gasteiger partial charge in [-0.25, -0.2) is 14.6 Å². The molecule has 0 unspecified atom stereocenters. The zero-order chi connectivity index (χ0) is 17.5. The highest BCUT2D eigenvalue weighted by molar-refractivity contribution is 8.00. The van der Waals surface area contributed by atoms with Crippen molar-refractivity contribution >= 4 is 17.6 Å². The fourth-order valence-electron chi connectivity index (χ4n) is 1.04.